The topological polar surface area (TPSA) is 38.3 Å². The van der Waals surface area contributed by atoms with E-state index in [-0.39, 0.29) is 11.2 Å². The molecule has 3 nitrogen and oxygen atoms in total. The van der Waals surface area contributed by atoms with Crippen LogP contribution in [0.15, 0.2) is 47.4 Å². The maximum atomic E-state index is 12.3. The highest BCUT2D eigenvalue weighted by Crippen LogP contribution is 2.36. The summed E-state index contributed by atoms with van der Waals surface area (Å²) < 4.78 is 5.27. The van der Waals surface area contributed by atoms with E-state index in [9.17, 15) is 4.79 Å². The number of rotatable bonds is 6. The average molecular weight is 370 g/mol. The van der Waals surface area contributed by atoms with Crippen LogP contribution < -0.4 is 10.1 Å². The zero-order chi connectivity index (χ0) is 16.8. The Balaban J connectivity index is 1.98. The molecular formula is C17H17Cl2NO2S. The van der Waals surface area contributed by atoms with Gasteiger partial charge in [0.1, 0.15) is 5.75 Å². The summed E-state index contributed by atoms with van der Waals surface area (Å²) in [6.45, 7) is 2.23. The molecule has 1 atom stereocenters. The summed E-state index contributed by atoms with van der Waals surface area (Å²) in [7, 11) is 1.61. The predicted molar refractivity (Wildman–Crippen MR) is 96.6 cm³/mol. The first-order valence-corrected chi connectivity index (χ1v) is 8.66. The molecule has 23 heavy (non-hydrogen) atoms. The van der Waals surface area contributed by atoms with Crippen molar-refractivity contribution >= 4 is 40.9 Å². The maximum absolute atomic E-state index is 12.3. The van der Waals surface area contributed by atoms with Crippen LogP contribution in [0.4, 0.5) is 0 Å². The fourth-order valence-corrected chi connectivity index (χ4v) is 3.57. The number of amides is 1. The molecule has 0 saturated heterocycles. The van der Waals surface area contributed by atoms with Crippen LogP contribution in [-0.2, 0) is 11.3 Å². The van der Waals surface area contributed by atoms with Crippen LogP contribution in [-0.4, -0.2) is 18.3 Å². The van der Waals surface area contributed by atoms with E-state index in [1.807, 2.05) is 31.2 Å². The summed E-state index contributed by atoms with van der Waals surface area (Å²) >= 11 is 13.6. The molecular weight excluding hydrogens is 353 g/mol. The van der Waals surface area contributed by atoms with Crippen LogP contribution >= 0.6 is 35.0 Å². The molecule has 2 rings (SSSR count). The third-order valence-corrected chi connectivity index (χ3v) is 5.33. The van der Waals surface area contributed by atoms with E-state index in [4.69, 9.17) is 27.9 Å². The number of thioether (sulfide) groups is 1. The molecule has 0 bridgehead atoms. The van der Waals surface area contributed by atoms with Crippen LogP contribution in [0.25, 0.3) is 0 Å². The van der Waals surface area contributed by atoms with Crippen molar-refractivity contribution in [3.8, 4) is 5.75 Å². The fraction of sp³-hybridized carbons (Fsp3) is 0.235. The van der Waals surface area contributed by atoms with Crippen LogP contribution in [0.3, 0.4) is 0 Å². The highest BCUT2D eigenvalue weighted by molar-refractivity contribution is 8.00. The minimum Gasteiger partial charge on any atom is -0.496 e. The van der Waals surface area contributed by atoms with E-state index >= 15 is 0 Å². The zero-order valence-corrected chi connectivity index (χ0v) is 15.1. The Labute approximate surface area is 150 Å². The molecule has 1 unspecified atom stereocenters. The summed E-state index contributed by atoms with van der Waals surface area (Å²) in [5.41, 5.74) is 0.927. The zero-order valence-electron chi connectivity index (χ0n) is 12.8. The SMILES string of the molecule is COc1ccccc1CNC(=O)C(C)Sc1c(Cl)cccc1Cl. The number of ether oxygens (including phenoxy) is 1. The Bertz CT molecular complexity index is 674. The Kier molecular flexibility index (Phi) is 6.63. The van der Waals surface area contributed by atoms with E-state index in [1.165, 1.54) is 11.8 Å². The van der Waals surface area contributed by atoms with Crippen molar-refractivity contribution in [1.29, 1.82) is 0 Å². The first-order valence-electron chi connectivity index (χ1n) is 7.03. The monoisotopic (exact) mass is 369 g/mol. The quantitative estimate of drug-likeness (QED) is 0.743. The molecule has 0 aliphatic rings. The van der Waals surface area contributed by atoms with Crippen LogP contribution in [0.5, 0.6) is 5.75 Å². The van der Waals surface area contributed by atoms with Gasteiger partial charge in [-0.2, -0.15) is 0 Å². The van der Waals surface area contributed by atoms with Crippen molar-refractivity contribution in [1.82, 2.24) is 5.32 Å². The lowest BCUT2D eigenvalue weighted by molar-refractivity contribution is -0.120. The first kappa shape index (κ1) is 18.0. The Morgan fingerprint density at radius 2 is 1.83 bits per heavy atom. The summed E-state index contributed by atoms with van der Waals surface area (Å²) in [5, 5.41) is 3.69. The third kappa shape index (κ3) is 4.80. The Morgan fingerprint density at radius 1 is 1.17 bits per heavy atom. The first-order chi connectivity index (χ1) is 11.0. The number of halogens is 2. The number of carbonyl (C=O) groups is 1. The summed E-state index contributed by atoms with van der Waals surface area (Å²) in [6, 6.07) is 12.9. The van der Waals surface area contributed by atoms with Gasteiger partial charge in [0.05, 0.1) is 22.4 Å². The minimum atomic E-state index is -0.317. The van der Waals surface area contributed by atoms with E-state index in [0.29, 0.717) is 16.6 Å². The van der Waals surface area contributed by atoms with Crippen LogP contribution in [0, 0.1) is 0 Å². The van der Waals surface area contributed by atoms with Gasteiger partial charge in [-0.1, -0.05) is 47.5 Å². The largest absolute Gasteiger partial charge is 0.496 e. The molecule has 1 amide bonds. The molecule has 122 valence electrons. The number of nitrogens with one attached hydrogen (secondary N) is 1. The third-order valence-electron chi connectivity index (χ3n) is 3.23. The van der Waals surface area contributed by atoms with Gasteiger partial charge in [-0.25, -0.2) is 0 Å². The van der Waals surface area contributed by atoms with E-state index in [1.54, 1.807) is 25.3 Å². The second-order valence-electron chi connectivity index (χ2n) is 4.84. The second-order valence-corrected chi connectivity index (χ2v) is 7.01. The number of hydrogen-bond donors (Lipinski definition) is 1. The molecule has 0 radical (unpaired) electrons. The molecule has 0 aliphatic heterocycles. The van der Waals surface area contributed by atoms with Crippen LogP contribution in [0.1, 0.15) is 12.5 Å². The summed E-state index contributed by atoms with van der Waals surface area (Å²) in [4.78, 5) is 13.0. The lowest BCUT2D eigenvalue weighted by Gasteiger charge is -2.15. The van der Waals surface area contributed by atoms with Gasteiger partial charge in [0, 0.05) is 17.0 Å². The summed E-state index contributed by atoms with van der Waals surface area (Å²) in [5.74, 6) is 0.666. The van der Waals surface area contributed by atoms with Gasteiger partial charge in [0.2, 0.25) is 5.91 Å². The average Bonchev–Trinajstić information content (AvgIpc) is 2.56. The van der Waals surface area contributed by atoms with Crippen molar-refractivity contribution in [3.63, 3.8) is 0 Å². The van der Waals surface area contributed by atoms with Gasteiger partial charge >= 0.3 is 0 Å². The van der Waals surface area contributed by atoms with Gasteiger partial charge in [-0.15, -0.1) is 11.8 Å². The van der Waals surface area contributed by atoms with Crippen molar-refractivity contribution in [2.75, 3.05) is 7.11 Å². The molecule has 0 heterocycles. The molecule has 2 aromatic rings. The smallest absolute Gasteiger partial charge is 0.233 e. The molecule has 2 aromatic carbocycles. The van der Waals surface area contributed by atoms with Crippen molar-refractivity contribution in [2.24, 2.45) is 0 Å². The molecule has 0 aromatic heterocycles. The number of carbonyl (C=O) groups excluding carboxylic acids is 1. The molecule has 1 N–H and O–H groups in total. The van der Waals surface area contributed by atoms with Gasteiger partial charge in [-0.05, 0) is 25.1 Å². The predicted octanol–water partition coefficient (Wildman–Crippen LogP) is 4.80. The van der Waals surface area contributed by atoms with Gasteiger partial charge in [0.15, 0.2) is 0 Å². The van der Waals surface area contributed by atoms with Gasteiger partial charge in [-0.3, -0.25) is 4.79 Å². The Hall–Kier alpha value is -1.36. The standard InChI is InChI=1S/C17H17Cl2NO2S/c1-11(23-16-13(18)7-5-8-14(16)19)17(21)20-10-12-6-3-4-9-15(12)22-2/h3-9,11H,10H2,1-2H3,(H,20,21). The lowest BCUT2D eigenvalue weighted by Crippen LogP contribution is -2.30. The van der Waals surface area contributed by atoms with Gasteiger partial charge in [0.25, 0.3) is 0 Å². The van der Waals surface area contributed by atoms with E-state index in [2.05, 4.69) is 5.32 Å². The van der Waals surface area contributed by atoms with E-state index in [0.717, 1.165) is 16.2 Å². The highest BCUT2D eigenvalue weighted by Gasteiger charge is 2.18. The van der Waals surface area contributed by atoms with Crippen molar-refractivity contribution in [3.05, 3.63) is 58.1 Å². The number of hydrogen-bond acceptors (Lipinski definition) is 3. The number of methoxy groups -OCH3 is 1. The minimum absolute atomic E-state index is 0.0862. The molecule has 0 spiro atoms. The highest BCUT2D eigenvalue weighted by atomic mass is 35.5. The fourth-order valence-electron chi connectivity index (χ4n) is 2.00. The normalized spacial score (nSPS) is 11.8. The number of benzene rings is 2. The number of para-hydroxylation sites is 1. The molecule has 0 fully saturated rings. The van der Waals surface area contributed by atoms with Crippen molar-refractivity contribution < 1.29 is 9.53 Å². The van der Waals surface area contributed by atoms with Crippen LogP contribution in [0.2, 0.25) is 10.0 Å². The Morgan fingerprint density at radius 3 is 2.48 bits per heavy atom. The maximum Gasteiger partial charge on any atom is 0.233 e. The summed E-state index contributed by atoms with van der Waals surface area (Å²) in [6.07, 6.45) is 0. The van der Waals surface area contributed by atoms with Gasteiger partial charge < -0.3 is 10.1 Å². The molecule has 0 saturated carbocycles. The van der Waals surface area contributed by atoms with E-state index < -0.39 is 0 Å². The lowest BCUT2D eigenvalue weighted by atomic mass is 10.2. The van der Waals surface area contributed by atoms with Crippen molar-refractivity contribution in [2.45, 2.75) is 23.6 Å². The second kappa shape index (κ2) is 8.48. The molecule has 0 aliphatic carbocycles. The molecule has 6 heteroatoms.